The Bertz CT molecular complexity index is 607. The third-order valence-corrected chi connectivity index (χ3v) is 3.52. The van der Waals surface area contributed by atoms with Crippen LogP contribution in [0.25, 0.3) is 0 Å². The summed E-state index contributed by atoms with van der Waals surface area (Å²) in [6.45, 7) is -0.228. The van der Waals surface area contributed by atoms with Gasteiger partial charge in [-0.2, -0.15) is 0 Å². The van der Waals surface area contributed by atoms with Crippen LogP contribution in [0.1, 0.15) is 6.42 Å². The average Bonchev–Trinajstić information content (AvgIpc) is 2.88. The zero-order valence-electron chi connectivity index (χ0n) is 10.7. The van der Waals surface area contributed by atoms with E-state index < -0.39 is 27.6 Å². The molecule has 120 valence electrons. The van der Waals surface area contributed by atoms with Gasteiger partial charge in [0.1, 0.15) is 6.20 Å². The first-order chi connectivity index (χ1) is 10.2. The summed E-state index contributed by atoms with van der Waals surface area (Å²) in [5, 5.41) is 12.1. The number of hydrogen-bond acceptors (Lipinski definition) is 7. The van der Waals surface area contributed by atoms with Crippen LogP contribution in [0.3, 0.4) is 0 Å². The van der Waals surface area contributed by atoms with Gasteiger partial charge in [0.25, 0.3) is 5.91 Å². The fourth-order valence-corrected chi connectivity index (χ4v) is 2.07. The van der Waals surface area contributed by atoms with Crippen LogP contribution >= 0.6 is 34.5 Å². The lowest BCUT2D eigenvalue weighted by Crippen LogP contribution is -2.45. The molecule has 13 heteroatoms. The molecular formula is C9H9Cl2N5O5S. The van der Waals surface area contributed by atoms with Gasteiger partial charge in [0, 0.05) is 13.0 Å². The number of nitrogens with zero attached hydrogens (tertiary/aromatic N) is 3. The molecule has 0 radical (unpaired) electrons. The number of alkyl halides is 2. The van der Waals surface area contributed by atoms with E-state index in [0.29, 0.717) is 11.3 Å². The van der Waals surface area contributed by atoms with Crippen LogP contribution in [0.4, 0.5) is 14.9 Å². The number of anilines is 1. The maximum Gasteiger partial charge on any atom is 0.345 e. The first-order valence-electron chi connectivity index (χ1n) is 5.51. The lowest BCUT2D eigenvalue weighted by molar-refractivity contribution is -0.380. The Morgan fingerprint density at radius 1 is 1.50 bits per heavy atom. The van der Waals surface area contributed by atoms with Gasteiger partial charge in [0.2, 0.25) is 5.91 Å². The highest BCUT2D eigenvalue weighted by molar-refractivity contribution is 7.18. The Morgan fingerprint density at radius 3 is 2.59 bits per heavy atom. The summed E-state index contributed by atoms with van der Waals surface area (Å²) in [6, 6.07) is -0.984. The molecular weight excluding hydrogens is 361 g/mol. The summed E-state index contributed by atoms with van der Waals surface area (Å²) in [5.41, 5.74) is 4.99. The molecule has 4 amide bonds. The monoisotopic (exact) mass is 369 g/mol. The van der Waals surface area contributed by atoms with Crippen molar-refractivity contribution in [1.82, 2.24) is 10.3 Å². The van der Waals surface area contributed by atoms with Gasteiger partial charge in [-0.25, -0.2) is 9.78 Å². The van der Waals surface area contributed by atoms with Crippen LogP contribution in [0.2, 0.25) is 0 Å². The van der Waals surface area contributed by atoms with Crippen LogP contribution in [-0.4, -0.2) is 39.1 Å². The zero-order chi connectivity index (χ0) is 16.9. The molecule has 0 unspecified atom stereocenters. The number of carbonyl (C=O) groups excluding carboxylic acids is 3. The molecule has 1 aromatic heterocycles. The van der Waals surface area contributed by atoms with Crippen molar-refractivity contribution in [2.24, 2.45) is 5.73 Å². The topological polar surface area (TPSA) is 149 Å². The smallest absolute Gasteiger partial charge is 0.345 e. The molecule has 1 rings (SSSR count). The zero-order valence-corrected chi connectivity index (χ0v) is 13.0. The SMILES string of the molecule is NC(=O)CCN(C(=O)NC(=O)C(Cl)Cl)c1ncc([N+](=O)[O-])s1. The highest BCUT2D eigenvalue weighted by Crippen LogP contribution is 2.28. The van der Waals surface area contributed by atoms with E-state index >= 15 is 0 Å². The molecule has 1 heterocycles. The molecule has 0 aliphatic carbocycles. The van der Waals surface area contributed by atoms with Gasteiger partial charge >= 0.3 is 11.0 Å². The fourth-order valence-electron chi connectivity index (χ4n) is 1.20. The van der Waals surface area contributed by atoms with E-state index in [0.717, 1.165) is 11.1 Å². The van der Waals surface area contributed by atoms with Crippen molar-refractivity contribution < 1.29 is 19.3 Å². The molecule has 0 bridgehead atoms. The van der Waals surface area contributed by atoms with Gasteiger partial charge in [-0.05, 0) is 11.3 Å². The maximum atomic E-state index is 12.0. The quantitative estimate of drug-likeness (QED) is 0.429. The van der Waals surface area contributed by atoms with E-state index in [1.54, 1.807) is 0 Å². The number of rotatable bonds is 6. The van der Waals surface area contributed by atoms with Crippen molar-refractivity contribution in [3.63, 3.8) is 0 Å². The number of nitrogens with one attached hydrogen (secondary N) is 1. The normalized spacial score (nSPS) is 10.3. The van der Waals surface area contributed by atoms with Gasteiger partial charge < -0.3 is 5.73 Å². The maximum absolute atomic E-state index is 12.0. The second-order valence-electron chi connectivity index (χ2n) is 3.70. The Morgan fingerprint density at radius 2 is 2.14 bits per heavy atom. The van der Waals surface area contributed by atoms with Crippen LogP contribution in [-0.2, 0) is 9.59 Å². The Labute approximate surface area is 137 Å². The van der Waals surface area contributed by atoms with E-state index in [1.807, 2.05) is 5.32 Å². The molecule has 10 nitrogen and oxygen atoms in total. The predicted molar refractivity (Wildman–Crippen MR) is 79.0 cm³/mol. The van der Waals surface area contributed by atoms with Crippen LogP contribution in [0.5, 0.6) is 0 Å². The minimum Gasteiger partial charge on any atom is -0.370 e. The molecule has 0 spiro atoms. The van der Waals surface area contributed by atoms with E-state index in [9.17, 15) is 24.5 Å². The second kappa shape index (κ2) is 7.87. The third kappa shape index (κ3) is 5.09. The number of carbonyl (C=O) groups is 3. The number of thiazole rings is 1. The highest BCUT2D eigenvalue weighted by atomic mass is 35.5. The molecule has 0 atom stereocenters. The number of primary amides is 1. The molecule has 0 saturated heterocycles. The largest absolute Gasteiger partial charge is 0.370 e. The standard InChI is InChI=1S/C9H9Cl2N5O5S/c10-6(11)7(18)14-8(19)15(2-1-4(12)17)9-13-3-5(22-9)16(20)21/h3,6H,1-2H2,(H2,12,17)(H,14,18,19). The summed E-state index contributed by atoms with van der Waals surface area (Å²) in [5.74, 6) is -1.69. The first-order valence-corrected chi connectivity index (χ1v) is 7.20. The lowest BCUT2D eigenvalue weighted by Gasteiger charge is -2.19. The van der Waals surface area contributed by atoms with Gasteiger partial charge in [0.05, 0.1) is 4.92 Å². The van der Waals surface area contributed by atoms with Gasteiger partial charge in [-0.3, -0.25) is 29.9 Å². The summed E-state index contributed by atoms with van der Waals surface area (Å²) >= 11 is 11.2. The number of urea groups is 1. The second-order valence-corrected chi connectivity index (χ2v) is 5.79. The third-order valence-electron chi connectivity index (χ3n) is 2.15. The fraction of sp³-hybridized carbons (Fsp3) is 0.333. The minimum atomic E-state index is -1.48. The van der Waals surface area contributed by atoms with Crippen molar-refractivity contribution in [3.05, 3.63) is 16.3 Å². The molecule has 22 heavy (non-hydrogen) atoms. The highest BCUT2D eigenvalue weighted by Gasteiger charge is 2.25. The van der Waals surface area contributed by atoms with Crippen molar-refractivity contribution in [2.45, 2.75) is 11.3 Å². The summed E-state index contributed by atoms with van der Waals surface area (Å²) in [7, 11) is 0. The number of aromatic nitrogens is 1. The van der Waals surface area contributed by atoms with Gasteiger partial charge in [0.15, 0.2) is 9.97 Å². The Hall–Kier alpha value is -1.98. The Kier molecular flexibility index (Phi) is 6.46. The van der Waals surface area contributed by atoms with Gasteiger partial charge in [-0.15, -0.1) is 0 Å². The lowest BCUT2D eigenvalue weighted by atomic mass is 10.4. The molecule has 1 aromatic rings. The van der Waals surface area contributed by atoms with Crippen molar-refractivity contribution in [2.75, 3.05) is 11.4 Å². The predicted octanol–water partition coefficient (Wildman–Crippen LogP) is 0.773. The Balaban J connectivity index is 2.95. The van der Waals surface area contributed by atoms with Crippen LogP contribution in [0.15, 0.2) is 6.20 Å². The number of imide groups is 1. The van der Waals surface area contributed by atoms with E-state index in [4.69, 9.17) is 28.9 Å². The minimum absolute atomic E-state index is 0.0843. The van der Waals surface area contributed by atoms with Crippen molar-refractivity contribution >= 4 is 62.5 Å². The molecule has 0 aliphatic heterocycles. The molecule has 0 aliphatic rings. The average molecular weight is 370 g/mol. The van der Waals surface area contributed by atoms with E-state index in [-0.39, 0.29) is 23.1 Å². The number of hydrogen-bond donors (Lipinski definition) is 2. The number of halogens is 2. The molecule has 3 N–H and O–H groups in total. The first kappa shape index (κ1) is 18.1. The molecule has 0 saturated carbocycles. The number of nitrogens with two attached hydrogens (primary N) is 1. The van der Waals surface area contributed by atoms with Crippen molar-refractivity contribution in [3.8, 4) is 0 Å². The van der Waals surface area contributed by atoms with Gasteiger partial charge in [-0.1, -0.05) is 23.2 Å². The molecule has 0 aromatic carbocycles. The summed E-state index contributed by atoms with van der Waals surface area (Å²) in [4.78, 5) is 47.1. The number of amides is 4. The summed E-state index contributed by atoms with van der Waals surface area (Å²) < 4.78 is 0. The van der Waals surface area contributed by atoms with E-state index in [2.05, 4.69) is 4.98 Å². The molecule has 0 fully saturated rings. The summed E-state index contributed by atoms with van der Waals surface area (Å²) in [6.07, 6.45) is 0.707. The van der Waals surface area contributed by atoms with Crippen LogP contribution < -0.4 is 16.0 Å². The van der Waals surface area contributed by atoms with E-state index in [1.165, 1.54) is 0 Å². The van der Waals surface area contributed by atoms with Crippen molar-refractivity contribution in [1.29, 1.82) is 0 Å². The number of nitro groups is 1. The van der Waals surface area contributed by atoms with Crippen LogP contribution in [0, 0.1) is 10.1 Å².